The number of carbonyl (C=O) groups is 2. The summed E-state index contributed by atoms with van der Waals surface area (Å²) < 4.78 is 4.82. The van der Waals surface area contributed by atoms with Gasteiger partial charge in [-0.05, 0) is 56.5 Å². The molecule has 2 amide bonds. The van der Waals surface area contributed by atoms with Crippen LogP contribution < -0.4 is 26.7 Å². The molecule has 0 radical (unpaired) electrons. The van der Waals surface area contributed by atoms with Crippen molar-refractivity contribution < 1.29 is 9.59 Å². The van der Waals surface area contributed by atoms with Crippen molar-refractivity contribution in [1.29, 1.82) is 0 Å². The molecule has 2 fully saturated rings. The average Bonchev–Trinajstić information content (AvgIpc) is 3.39. The van der Waals surface area contributed by atoms with Crippen LogP contribution >= 0.6 is 24.0 Å². The summed E-state index contributed by atoms with van der Waals surface area (Å²) >= 11 is 6.65. The molecule has 0 aliphatic carbocycles. The largest absolute Gasteiger partial charge is 0.369 e. The molecule has 0 bridgehead atoms. The fourth-order valence-corrected chi connectivity index (χ4v) is 6.85. The number of aromatic nitrogens is 4. The summed E-state index contributed by atoms with van der Waals surface area (Å²) in [6, 6.07) is 12.8. The second kappa shape index (κ2) is 11.0. The number of primary amides is 1. The van der Waals surface area contributed by atoms with E-state index in [9.17, 15) is 19.2 Å². The van der Waals surface area contributed by atoms with E-state index in [-0.39, 0.29) is 43.4 Å². The molecule has 3 aromatic heterocycles. The number of carbonyl (C=O) groups excluding carboxylic acids is 2. The Morgan fingerprint density at radius 1 is 1.05 bits per heavy atom. The zero-order valence-electron chi connectivity index (χ0n) is 23.8. The lowest BCUT2D eigenvalue weighted by molar-refractivity contribution is -0.122. The van der Waals surface area contributed by atoms with Crippen LogP contribution in [0.25, 0.3) is 17.4 Å². The Balaban J connectivity index is 1.45. The molecule has 0 spiro atoms. The molecule has 2 aliphatic rings. The lowest BCUT2D eigenvalue weighted by Gasteiger charge is -2.32. The number of hydrogen-bond acceptors (Lipinski definition) is 8. The number of para-hydroxylation sites is 1. The number of nitrogens with zero attached hydrogens (tertiary/aromatic N) is 6. The molecular weight excluding hydrogens is 587 g/mol. The van der Waals surface area contributed by atoms with Gasteiger partial charge in [0.1, 0.15) is 17.2 Å². The molecule has 220 valence electrons. The summed E-state index contributed by atoms with van der Waals surface area (Å²) in [6.07, 6.45) is 4.29. The molecule has 1 aromatic carbocycles. The lowest BCUT2D eigenvalue weighted by atomic mass is 9.96. The van der Waals surface area contributed by atoms with Crippen molar-refractivity contribution in [2.24, 2.45) is 18.7 Å². The van der Waals surface area contributed by atoms with E-state index in [1.807, 2.05) is 48.2 Å². The molecule has 2 N–H and O–H groups in total. The van der Waals surface area contributed by atoms with Gasteiger partial charge in [-0.25, -0.2) is 9.67 Å². The molecule has 13 heteroatoms. The molecule has 6 rings (SSSR count). The van der Waals surface area contributed by atoms with Gasteiger partial charge in [-0.15, -0.1) is 0 Å². The van der Waals surface area contributed by atoms with Gasteiger partial charge in [-0.3, -0.25) is 33.2 Å². The first-order chi connectivity index (χ1) is 20.6. The third-order valence-corrected chi connectivity index (χ3v) is 9.30. The minimum atomic E-state index is -0.492. The molecule has 4 aromatic rings. The minimum Gasteiger partial charge on any atom is -0.369 e. The number of hydrogen-bond donors (Lipinski definition) is 1. The monoisotopic (exact) mass is 615 g/mol. The highest BCUT2D eigenvalue weighted by Crippen LogP contribution is 2.37. The number of anilines is 2. The quantitative estimate of drug-likeness (QED) is 0.268. The van der Waals surface area contributed by atoms with Gasteiger partial charge in [-0.1, -0.05) is 48.2 Å². The van der Waals surface area contributed by atoms with E-state index >= 15 is 0 Å². The standard InChI is InChI=1S/C30H29N7O4S2/c1-17-9-10-23-32-26(34-13-11-19(12-14-34)25(31)38)21(27(39)35(23)16-17)15-22-28(40)36(30(42)43-22)24-18(2)33(3)37(29(24)41)20-7-5-4-6-8-20/h4-10,15-16,19H,11-14H2,1-3H3,(H2,31,38)/b22-15+. The van der Waals surface area contributed by atoms with E-state index in [1.54, 1.807) is 30.9 Å². The molecule has 0 unspecified atom stereocenters. The van der Waals surface area contributed by atoms with Crippen LogP contribution in [0, 0.1) is 19.8 Å². The van der Waals surface area contributed by atoms with Gasteiger partial charge in [-0.2, -0.15) is 0 Å². The first kappa shape index (κ1) is 28.6. The van der Waals surface area contributed by atoms with Crippen LogP contribution in [0.4, 0.5) is 11.5 Å². The highest BCUT2D eigenvalue weighted by Gasteiger charge is 2.38. The minimum absolute atomic E-state index is 0.162. The van der Waals surface area contributed by atoms with Crippen molar-refractivity contribution in [3.8, 4) is 5.69 Å². The molecule has 0 saturated carbocycles. The van der Waals surface area contributed by atoms with Crippen LogP contribution in [0.5, 0.6) is 0 Å². The van der Waals surface area contributed by atoms with Crippen LogP contribution in [0.15, 0.2) is 63.2 Å². The molecular formula is C30H29N7O4S2. The first-order valence-electron chi connectivity index (χ1n) is 13.8. The highest BCUT2D eigenvalue weighted by molar-refractivity contribution is 8.27. The Bertz CT molecular complexity index is 1970. The van der Waals surface area contributed by atoms with Crippen LogP contribution in [0.2, 0.25) is 0 Å². The number of piperidine rings is 1. The van der Waals surface area contributed by atoms with E-state index in [2.05, 4.69) is 0 Å². The van der Waals surface area contributed by atoms with Crippen LogP contribution in [0.3, 0.4) is 0 Å². The molecule has 0 atom stereocenters. The van der Waals surface area contributed by atoms with Gasteiger partial charge in [0.2, 0.25) is 5.91 Å². The van der Waals surface area contributed by atoms with E-state index < -0.39 is 5.91 Å². The number of nitrogens with two attached hydrogens (primary N) is 1. The second-order valence-corrected chi connectivity index (χ2v) is 12.4. The lowest BCUT2D eigenvalue weighted by Crippen LogP contribution is -2.40. The van der Waals surface area contributed by atoms with Gasteiger partial charge in [0.25, 0.3) is 17.0 Å². The maximum atomic E-state index is 13.9. The number of thioether (sulfide) groups is 1. The van der Waals surface area contributed by atoms with E-state index in [4.69, 9.17) is 22.9 Å². The summed E-state index contributed by atoms with van der Waals surface area (Å²) in [5.74, 6) is -0.653. The third-order valence-electron chi connectivity index (χ3n) is 8.00. The SMILES string of the molecule is Cc1ccc2nc(N3CCC(C(N)=O)CC3)c(/C=C3/SC(=S)N(c4c(C)n(C)n(-c5ccccc5)c4=O)C3=O)c(=O)n2c1. The number of amides is 2. The maximum absolute atomic E-state index is 13.9. The molecule has 11 nitrogen and oxygen atoms in total. The molecule has 2 aliphatic heterocycles. The zero-order valence-corrected chi connectivity index (χ0v) is 25.4. The fraction of sp³-hybridized carbons (Fsp3) is 0.267. The molecule has 2 saturated heterocycles. The predicted octanol–water partition coefficient (Wildman–Crippen LogP) is 2.91. The van der Waals surface area contributed by atoms with Gasteiger partial charge >= 0.3 is 0 Å². The van der Waals surface area contributed by atoms with Gasteiger partial charge in [0.15, 0.2) is 4.32 Å². The van der Waals surface area contributed by atoms with Crippen molar-refractivity contribution in [3.05, 3.63) is 91.1 Å². The number of thiocarbonyl (C=S) groups is 1. The van der Waals surface area contributed by atoms with Gasteiger partial charge < -0.3 is 10.6 Å². The van der Waals surface area contributed by atoms with Crippen molar-refractivity contribution in [1.82, 2.24) is 18.7 Å². The number of aryl methyl sites for hydroxylation is 1. The Hall–Kier alpha value is -4.49. The van der Waals surface area contributed by atoms with Gasteiger partial charge in [0.05, 0.1) is 21.8 Å². The summed E-state index contributed by atoms with van der Waals surface area (Å²) in [5.41, 5.74) is 7.76. The predicted molar refractivity (Wildman–Crippen MR) is 172 cm³/mol. The highest BCUT2D eigenvalue weighted by atomic mass is 32.2. The summed E-state index contributed by atoms with van der Waals surface area (Å²) in [5, 5.41) is 0. The first-order valence-corrected chi connectivity index (χ1v) is 15.0. The smallest absolute Gasteiger partial charge is 0.296 e. The summed E-state index contributed by atoms with van der Waals surface area (Å²) in [4.78, 5) is 61.5. The molecule has 43 heavy (non-hydrogen) atoms. The maximum Gasteiger partial charge on any atom is 0.296 e. The van der Waals surface area contributed by atoms with Gasteiger partial charge in [0, 0.05) is 32.3 Å². The Kier molecular flexibility index (Phi) is 7.30. The Morgan fingerprint density at radius 3 is 2.42 bits per heavy atom. The van der Waals surface area contributed by atoms with Crippen molar-refractivity contribution >= 4 is 63.3 Å². The van der Waals surface area contributed by atoms with E-state index in [0.29, 0.717) is 48.8 Å². The summed E-state index contributed by atoms with van der Waals surface area (Å²) in [6.45, 7) is 4.59. The number of benzene rings is 1. The Morgan fingerprint density at radius 2 is 1.74 bits per heavy atom. The van der Waals surface area contributed by atoms with E-state index in [1.165, 1.54) is 20.1 Å². The van der Waals surface area contributed by atoms with Crippen LogP contribution in [0.1, 0.15) is 29.7 Å². The topological polar surface area (TPSA) is 128 Å². The zero-order chi connectivity index (χ0) is 30.6. The van der Waals surface area contributed by atoms with Crippen molar-refractivity contribution in [2.75, 3.05) is 22.9 Å². The van der Waals surface area contributed by atoms with E-state index in [0.717, 1.165) is 17.3 Å². The second-order valence-electron chi connectivity index (χ2n) is 10.7. The summed E-state index contributed by atoms with van der Waals surface area (Å²) in [7, 11) is 1.75. The van der Waals surface area contributed by atoms with Crippen molar-refractivity contribution in [3.63, 3.8) is 0 Å². The number of rotatable bonds is 5. The molecule has 5 heterocycles. The number of fused-ring (bicyclic) bond motifs is 1. The fourth-order valence-electron chi connectivity index (χ4n) is 5.59. The normalized spacial score (nSPS) is 17.0. The van der Waals surface area contributed by atoms with Crippen LogP contribution in [-0.2, 0) is 16.6 Å². The van der Waals surface area contributed by atoms with Crippen molar-refractivity contribution in [2.45, 2.75) is 26.7 Å². The number of pyridine rings is 1. The van der Waals surface area contributed by atoms with Crippen LogP contribution in [-0.4, -0.2) is 48.0 Å². The average molecular weight is 616 g/mol. The third kappa shape index (κ3) is 4.87. The Labute approximate surface area is 256 Å².